The first kappa shape index (κ1) is 16.2. The highest BCUT2D eigenvalue weighted by molar-refractivity contribution is 6.30. The Morgan fingerprint density at radius 1 is 1.05 bits per heavy atom. The smallest absolute Gasteiger partial charge is 0.0579 e. The molecular weight excluding hydrogens is 300 g/mol. The molecule has 2 aliphatic rings. The summed E-state index contributed by atoms with van der Waals surface area (Å²) in [5.41, 5.74) is 1.31. The Kier molecular flexibility index (Phi) is 5.37. The van der Waals surface area contributed by atoms with Crippen LogP contribution in [-0.2, 0) is 11.3 Å². The maximum absolute atomic E-state index is 9.58. The van der Waals surface area contributed by atoms with Crippen molar-refractivity contribution in [1.82, 2.24) is 9.80 Å². The summed E-state index contributed by atoms with van der Waals surface area (Å²) in [7, 11) is 0. The predicted octanol–water partition coefficient (Wildman–Crippen LogP) is 1.86. The molecule has 122 valence electrons. The quantitative estimate of drug-likeness (QED) is 0.897. The maximum atomic E-state index is 9.58. The van der Waals surface area contributed by atoms with Crippen LogP contribution >= 0.6 is 11.6 Å². The molecule has 3 rings (SSSR count). The molecule has 2 fully saturated rings. The number of ether oxygens (including phenoxy) is 1. The lowest BCUT2D eigenvalue weighted by atomic mass is 9.86. The summed E-state index contributed by atoms with van der Waals surface area (Å²) in [5.74, 6) is 0. The fourth-order valence-electron chi connectivity index (χ4n) is 3.29. The van der Waals surface area contributed by atoms with Crippen molar-refractivity contribution in [3.8, 4) is 0 Å². The lowest BCUT2D eigenvalue weighted by Gasteiger charge is -2.43. The summed E-state index contributed by atoms with van der Waals surface area (Å²) in [6.07, 6.45) is 1.18. The van der Waals surface area contributed by atoms with Gasteiger partial charge < -0.3 is 14.7 Å². The summed E-state index contributed by atoms with van der Waals surface area (Å²) in [6.45, 7) is 7.96. The lowest BCUT2D eigenvalue weighted by Crippen LogP contribution is -2.53. The van der Waals surface area contributed by atoms with E-state index in [2.05, 4.69) is 21.9 Å². The van der Waals surface area contributed by atoms with Crippen molar-refractivity contribution in [3.63, 3.8) is 0 Å². The number of rotatable bonds is 5. The molecule has 22 heavy (non-hydrogen) atoms. The Balaban J connectivity index is 1.50. The molecule has 1 aromatic carbocycles. The molecule has 0 atom stereocenters. The van der Waals surface area contributed by atoms with Crippen LogP contribution in [0.1, 0.15) is 12.0 Å². The zero-order valence-corrected chi connectivity index (χ0v) is 13.8. The standard InChI is InChI=1S/C17H25ClN2O2/c18-16-4-2-15(3-5-16)10-19-6-1-7-20(9-8-19)11-17(12-21)13-22-14-17/h2-5,21H,1,6-14H2. The van der Waals surface area contributed by atoms with E-state index in [1.54, 1.807) is 0 Å². The number of halogens is 1. The number of nitrogens with zero attached hydrogens (tertiary/aromatic N) is 2. The fourth-order valence-corrected chi connectivity index (χ4v) is 3.41. The summed E-state index contributed by atoms with van der Waals surface area (Å²) in [5, 5.41) is 10.4. The third kappa shape index (κ3) is 4.00. The van der Waals surface area contributed by atoms with Gasteiger partial charge in [-0.1, -0.05) is 23.7 Å². The minimum absolute atomic E-state index is 0.00858. The summed E-state index contributed by atoms with van der Waals surface area (Å²) in [4.78, 5) is 4.99. The van der Waals surface area contributed by atoms with E-state index in [0.717, 1.165) is 44.3 Å². The first-order valence-electron chi connectivity index (χ1n) is 8.07. The van der Waals surface area contributed by atoms with Gasteiger partial charge in [-0.25, -0.2) is 0 Å². The minimum atomic E-state index is -0.00858. The number of benzene rings is 1. The molecule has 1 aromatic rings. The van der Waals surface area contributed by atoms with Crippen LogP contribution in [0.5, 0.6) is 0 Å². The minimum Gasteiger partial charge on any atom is -0.396 e. The molecule has 1 N–H and O–H groups in total. The van der Waals surface area contributed by atoms with Crippen LogP contribution in [0.4, 0.5) is 0 Å². The summed E-state index contributed by atoms with van der Waals surface area (Å²) < 4.78 is 5.30. The van der Waals surface area contributed by atoms with E-state index in [9.17, 15) is 5.11 Å². The van der Waals surface area contributed by atoms with Crippen LogP contribution in [0.3, 0.4) is 0 Å². The molecule has 4 nitrogen and oxygen atoms in total. The van der Waals surface area contributed by atoms with E-state index >= 15 is 0 Å². The zero-order valence-electron chi connectivity index (χ0n) is 13.0. The van der Waals surface area contributed by atoms with Gasteiger partial charge in [0.25, 0.3) is 0 Å². The third-order valence-electron chi connectivity index (χ3n) is 4.71. The van der Waals surface area contributed by atoms with Crippen LogP contribution in [0.25, 0.3) is 0 Å². The monoisotopic (exact) mass is 324 g/mol. The van der Waals surface area contributed by atoms with Gasteiger partial charge in [0, 0.05) is 31.2 Å². The molecule has 0 aliphatic carbocycles. The highest BCUT2D eigenvalue weighted by atomic mass is 35.5. The van der Waals surface area contributed by atoms with Crippen molar-refractivity contribution >= 4 is 11.6 Å². The van der Waals surface area contributed by atoms with Gasteiger partial charge in [0.2, 0.25) is 0 Å². The topological polar surface area (TPSA) is 35.9 Å². The Morgan fingerprint density at radius 3 is 2.36 bits per heavy atom. The second kappa shape index (κ2) is 7.28. The van der Waals surface area contributed by atoms with E-state index in [1.165, 1.54) is 12.0 Å². The van der Waals surface area contributed by atoms with Crippen molar-refractivity contribution in [2.75, 3.05) is 52.5 Å². The van der Waals surface area contributed by atoms with Gasteiger partial charge in [0.05, 0.1) is 25.2 Å². The first-order valence-corrected chi connectivity index (χ1v) is 8.45. The van der Waals surface area contributed by atoms with Crippen LogP contribution in [-0.4, -0.2) is 67.5 Å². The third-order valence-corrected chi connectivity index (χ3v) is 4.96. The Labute approximate surface area is 137 Å². The molecule has 0 radical (unpaired) electrons. The molecule has 2 heterocycles. The molecule has 0 unspecified atom stereocenters. The van der Waals surface area contributed by atoms with Crippen molar-refractivity contribution in [1.29, 1.82) is 0 Å². The Hall–Kier alpha value is -0.650. The van der Waals surface area contributed by atoms with Crippen molar-refractivity contribution in [3.05, 3.63) is 34.9 Å². The largest absolute Gasteiger partial charge is 0.396 e. The van der Waals surface area contributed by atoms with Crippen LogP contribution < -0.4 is 0 Å². The molecular formula is C17H25ClN2O2. The van der Waals surface area contributed by atoms with E-state index in [1.807, 2.05) is 12.1 Å². The van der Waals surface area contributed by atoms with Crippen molar-refractivity contribution in [2.45, 2.75) is 13.0 Å². The summed E-state index contributed by atoms with van der Waals surface area (Å²) in [6, 6.07) is 8.14. The van der Waals surface area contributed by atoms with Crippen LogP contribution in [0.2, 0.25) is 5.02 Å². The molecule has 2 saturated heterocycles. The molecule has 0 amide bonds. The van der Waals surface area contributed by atoms with Crippen LogP contribution in [0, 0.1) is 5.41 Å². The molecule has 0 aromatic heterocycles. The zero-order chi connectivity index (χ0) is 15.4. The average molecular weight is 325 g/mol. The molecule has 0 saturated carbocycles. The van der Waals surface area contributed by atoms with E-state index in [4.69, 9.17) is 16.3 Å². The van der Waals surface area contributed by atoms with Gasteiger partial charge in [-0.3, -0.25) is 4.90 Å². The Morgan fingerprint density at radius 2 is 1.73 bits per heavy atom. The number of aliphatic hydroxyl groups is 1. The lowest BCUT2D eigenvalue weighted by molar-refractivity contribution is -0.148. The van der Waals surface area contributed by atoms with Gasteiger partial charge >= 0.3 is 0 Å². The highest BCUT2D eigenvalue weighted by Crippen LogP contribution is 2.28. The van der Waals surface area contributed by atoms with Gasteiger partial charge in [-0.2, -0.15) is 0 Å². The van der Waals surface area contributed by atoms with Crippen LogP contribution in [0.15, 0.2) is 24.3 Å². The maximum Gasteiger partial charge on any atom is 0.0579 e. The van der Waals surface area contributed by atoms with E-state index in [0.29, 0.717) is 13.2 Å². The number of hydrogen-bond acceptors (Lipinski definition) is 4. The van der Waals surface area contributed by atoms with Gasteiger partial charge in [0.15, 0.2) is 0 Å². The molecule has 0 bridgehead atoms. The number of hydrogen-bond donors (Lipinski definition) is 1. The Bertz CT molecular complexity index is 471. The number of aliphatic hydroxyl groups excluding tert-OH is 1. The summed E-state index contributed by atoms with van der Waals surface area (Å²) >= 11 is 5.94. The van der Waals surface area contributed by atoms with E-state index in [-0.39, 0.29) is 12.0 Å². The molecule has 5 heteroatoms. The van der Waals surface area contributed by atoms with Crippen molar-refractivity contribution in [2.24, 2.45) is 5.41 Å². The SMILES string of the molecule is OCC1(CN2CCCN(Cc3ccc(Cl)cc3)CC2)COC1. The van der Waals surface area contributed by atoms with Crippen molar-refractivity contribution < 1.29 is 9.84 Å². The first-order chi connectivity index (χ1) is 10.7. The molecule has 0 spiro atoms. The van der Waals surface area contributed by atoms with E-state index < -0.39 is 0 Å². The average Bonchev–Trinajstić information content (AvgIpc) is 2.71. The normalized spacial score (nSPS) is 23.0. The van der Waals surface area contributed by atoms with Gasteiger partial charge in [0.1, 0.15) is 0 Å². The van der Waals surface area contributed by atoms with Gasteiger partial charge in [-0.05, 0) is 37.2 Å². The fraction of sp³-hybridized carbons (Fsp3) is 0.647. The highest BCUT2D eigenvalue weighted by Gasteiger charge is 2.39. The second-order valence-corrected chi connectivity index (χ2v) is 7.12. The second-order valence-electron chi connectivity index (χ2n) is 6.68. The predicted molar refractivity (Wildman–Crippen MR) is 88.1 cm³/mol. The van der Waals surface area contributed by atoms with Gasteiger partial charge in [-0.15, -0.1) is 0 Å². The molecule has 2 aliphatic heterocycles.